The highest BCUT2D eigenvalue weighted by molar-refractivity contribution is 5.79. The molecular weight excluding hydrogens is 608 g/mol. The topological polar surface area (TPSA) is 118 Å². The summed E-state index contributed by atoms with van der Waals surface area (Å²) in [6.07, 6.45) is 0. The van der Waals surface area contributed by atoms with Crippen LogP contribution in [0.25, 0.3) is 11.1 Å². The standard InChI is InChI=1S/C40H42O8/c1-21-10-11-31(30(12-21)26-13-22(2)36(41)32(17-26)45-6)40(27-14-23(3)37(42)33(18-27)46-7,28-15-24(4)38(43)34(19-28)47-8)29-16-25(5)39(44)35(20-29)48-9/h10-20,41-44H,1-9H3. The van der Waals surface area contributed by atoms with Gasteiger partial charge in [-0.2, -0.15) is 0 Å². The smallest absolute Gasteiger partial charge is 0.161 e. The van der Waals surface area contributed by atoms with E-state index in [9.17, 15) is 20.4 Å². The van der Waals surface area contributed by atoms with Crippen molar-refractivity contribution in [3.05, 3.63) is 117 Å². The summed E-state index contributed by atoms with van der Waals surface area (Å²) in [5.74, 6) is 1.24. The van der Waals surface area contributed by atoms with Gasteiger partial charge in [-0.15, -0.1) is 0 Å². The third kappa shape index (κ3) is 5.47. The monoisotopic (exact) mass is 650 g/mol. The van der Waals surface area contributed by atoms with Crippen molar-refractivity contribution in [2.75, 3.05) is 28.4 Å². The van der Waals surface area contributed by atoms with Gasteiger partial charge in [0.25, 0.3) is 0 Å². The zero-order chi connectivity index (χ0) is 35.1. The van der Waals surface area contributed by atoms with E-state index in [-0.39, 0.29) is 40.2 Å². The number of aryl methyl sites for hydroxylation is 5. The van der Waals surface area contributed by atoms with Crippen molar-refractivity contribution in [1.29, 1.82) is 0 Å². The summed E-state index contributed by atoms with van der Waals surface area (Å²) < 4.78 is 22.7. The maximum absolute atomic E-state index is 11.0. The van der Waals surface area contributed by atoms with Gasteiger partial charge in [0.15, 0.2) is 46.0 Å². The Morgan fingerprint density at radius 1 is 0.438 bits per heavy atom. The molecule has 250 valence electrons. The summed E-state index contributed by atoms with van der Waals surface area (Å²) >= 11 is 0. The van der Waals surface area contributed by atoms with Gasteiger partial charge in [0, 0.05) is 0 Å². The molecule has 4 N–H and O–H groups in total. The normalized spacial score (nSPS) is 11.4. The van der Waals surface area contributed by atoms with E-state index in [2.05, 4.69) is 12.1 Å². The Kier molecular flexibility index (Phi) is 9.13. The van der Waals surface area contributed by atoms with Gasteiger partial charge >= 0.3 is 0 Å². The van der Waals surface area contributed by atoms with Crippen LogP contribution >= 0.6 is 0 Å². The molecule has 5 aromatic rings. The van der Waals surface area contributed by atoms with Crippen LogP contribution in [0.3, 0.4) is 0 Å². The Bertz CT molecular complexity index is 1880. The number of aromatic hydroxyl groups is 4. The highest BCUT2D eigenvalue weighted by Crippen LogP contribution is 2.54. The number of phenolic OH excluding ortho intramolecular Hbond substituents is 4. The van der Waals surface area contributed by atoms with Gasteiger partial charge in [-0.1, -0.05) is 42.0 Å². The summed E-state index contributed by atoms with van der Waals surface area (Å²) in [5.41, 5.74) is 6.74. The number of methoxy groups -OCH3 is 4. The minimum Gasteiger partial charge on any atom is -0.504 e. The summed E-state index contributed by atoms with van der Waals surface area (Å²) in [6, 6.07) is 21.0. The highest BCUT2D eigenvalue weighted by Gasteiger charge is 2.43. The van der Waals surface area contributed by atoms with Crippen molar-refractivity contribution in [1.82, 2.24) is 0 Å². The molecule has 0 aromatic heterocycles. The molecule has 5 aromatic carbocycles. The van der Waals surface area contributed by atoms with E-state index in [0.29, 0.717) is 28.0 Å². The molecule has 8 nitrogen and oxygen atoms in total. The summed E-state index contributed by atoms with van der Waals surface area (Å²) in [5, 5.41) is 43.9. The van der Waals surface area contributed by atoms with Crippen molar-refractivity contribution in [2.24, 2.45) is 0 Å². The van der Waals surface area contributed by atoms with Gasteiger partial charge in [-0.25, -0.2) is 0 Å². The first-order chi connectivity index (χ1) is 22.8. The van der Waals surface area contributed by atoms with Crippen LogP contribution in [0.5, 0.6) is 46.0 Å². The van der Waals surface area contributed by atoms with Crippen LogP contribution < -0.4 is 18.9 Å². The molecule has 0 atom stereocenters. The molecule has 0 saturated heterocycles. The molecule has 0 saturated carbocycles. The minimum atomic E-state index is -1.22. The predicted molar refractivity (Wildman–Crippen MR) is 187 cm³/mol. The lowest BCUT2D eigenvalue weighted by atomic mass is 9.62. The van der Waals surface area contributed by atoms with E-state index in [1.165, 1.54) is 28.4 Å². The van der Waals surface area contributed by atoms with Crippen molar-refractivity contribution >= 4 is 0 Å². The number of benzene rings is 5. The zero-order valence-corrected chi connectivity index (χ0v) is 28.8. The quantitative estimate of drug-likeness (QED) is 0.118. The maximum atomic E-state index is 11.0. The van der Waals surface area contributed by atoms with Crippen LogP contribution in [-0.2, 0) is 5.41 Å². The molecule has 0 heterocycles. The fourth-order valence-corrected chi connectivity index (χ4v) is 6.61. The van der Waals surface area contributed by atoms with Gasteiger partial charge < -0.3 is 39.4 Å². The summed E-state index contributed by atoms with van der Waals surface area (Å²) in [6.45, 7) is 9.25. The van der Waals surface area contributed by atoms with Crippen molar-refractivity contribution in [3.63, 3.8) is 0 Å². The van der Waals surface area contributed by atoms with Gasteiger partial charge in [0.2, 0.25) is 0 Å². The molecule has 0 amide bonds. The number of phenols is 4. The molecule has 0 aliphatic heterocycles. The van der Waals surface area contributed by atoms with Gasteiger partial charge in [-0.3, -0.25) is 0 Å². The fraction of sp³-hybridized carbons (Fsp3) is 0.250. The Labute approximate surface area is 281 Å². The Morgan fingerprint density at radius 3 is 1.17 bits per heavy atom. The Hall–Kier alpha value is -5.50. The molecule has 0 spiro atoms. The van der Waals surface area contributed by atoms with Crippen LogP contribution in [-0.4, -0.2) is 48.9 Å². The third-order valence-corrected chi connectivity index (χ3v) is 9.13. The SMILES string of the molecule is COc1cc(-c2cc(C)ccc2C(c2cc(C)c(O)c(OC)c2)(c2cc(C)c(O)c(OC)c2)c2cc(C)c(O)c(OC)c2)cc(C)c1O. The van der Waals surface area contributed by atoms with Gasteiger partial charge in [0.05, 0.1) is 33.9 Å². The first-order valence-electron chi connectivity index (χ1n) is 15.5. The van der Waals surface area contributed by atoms with Crippen LogP contribution in [0.2, 0.25) is 0 Å². The van der Waals surface area contributed by atoms with E-state index in [1.807, 2.05) is 65.0 Å². The number of ether oxygens (including phenoxy) is 4. The average Bonchev–Trinajstić information content (AvgIpc) is 3.07. The number of hydrogen-bond acceptors (Lipinski definition) is 8. The summed E-state index contributed by atoms with van der Waals surface area (Å²) in [4.78, 5) is 0. The molecule has 0 radical (unpaired) electrons. The predicted octanol–water partition coefficient (Wildman–Crippen LogP) is 8.14. The van der Waals surface area contributed by atoms with Crippen molar-refractivity contribution < 1.29 is 39.4 Å². The van der Waals surface area contributed by atoms with Gasteiger partial charge in [0.1, 0.15) is 0 Å². The van der Waals surface area contributed by atoms with Crippen LogP contribution in [0.15, 0.2) is 66.7 Å². The van der Waals surface area contributed by atoms with E-state index >= 15 is 0 Å². The Balaban J connectivity index is 2.12. The average molecular weight is 651 g/mol. The molecule has 0 bridgehead atoms. The molecule has 0 aliphatic carbocycles. The Morgan fingerprint density at radius 2 is 0.792 bits per heavy atom. The first kappa shape index (κ1) is 33.9. The molecular formula is C40H42O8. The molecule has 0 aliphatic rings. The second kappa shape index (κ2) is 13.0. The van der Waals surface area contributed by atoms with E-state index in [4.69, 9.17) is 18.9 Å². The third-order valence-electron chi connectivity index (χ3n) is 9.13. The van der Waals surface area contributed by atoms with Crippen molar-refractivity contribution in [3.8, 4) is 57.1 Å². The van der Waals surface area contributed by atoms with Crippen LogP contribution in [0.4, 0.5) is 0 Å². The van der Waals surface area contributed by atoms with Crippen molar-refractivity contribution in [2.45, 2.75) is 40.0 Å². The lowest BCUT2D eigenvalue weighted by Gasteiger charge is -2.39. The van der Waals surface area contributed by atoms with E-state index in [1.54, 1.807) is 24.3 Å². The molecule has 0 unspecified atom stereocenters. The lowest BCUT2D eigenvalue weighted by molar-refractivity contribution is 0.368. The summed E-state index contributed by atoms with van der Waals surface area (Å²) in [7, 11) is 6.03. The fourth-order valence-electron chi connectivity index (χ4n) is 6.61. The van der Waals surface area contributed by atoms with Crippen LogP contribution in [0, 0.1) is 34.6 Å². The number of hydrogen-bond donors (Lipinski definition) is 4. The molecule has 5 rings (SSSR count). The largest absolute Gasteiger partial charge is 0.504 e. The molecule has 48 heavy (non-hydrogen) atoms. The van der Waals surface area contributed by atoms with Gasteiger partial charge in [-0.05, 0) is 121 Å². The molecule has 0 fully saturated rings. The maximum Gasteiger partial charge on any atom is 0.161 e. The molecule has 8 heteroatoms. The van der Waals surface area contributed by atoms with E-state index < -0.39 is 5.41 Å². The lowest BCUT2D eigenvalue weighted by Crippen LogP contribution is -2.32. The number of rotatable bonds is 9. The van der Waals surface area contributed by atoms with E-state index in [0.717, 1.165) is 38.9 Å². The second-order valence-electron chi connectivity index (χ2n) is 12.2. The van der Waals surface area contributed by atoms with Crippen LogP contribution in [0.1, 0.15) is 50.1 Å². The second-order valence-corrected chi connectivity index (χ2v) is 12.2. The minimum absolute atomic E-state index is 0.0112. The highest BCUT2D eigenvalue weighted by atomic mass is 16.5. The zero-order valence-electron chi connectivity index (χ0n) is 28.8. The first-order valence-corrected chi connectivity index (χ1v) is 15.5.